The summed E-state index contributed by atoms with van der Waals surface area (Å²) >= 11 is 5.94. The molecule has 4 nitrogen and oxygen atoms in total. The third-order valence-corrected chi connectivity index (χ3v) is 5.20. The number of nitriles is 1. The van der Waals surface area contributed by atoms with E-state index in [1.807, 2.05) is 48.5 Å². The maximum atomic E-state index is 13.1. The van der Waals surface area contributed by atoms with Crippen molar-refractivity contribution in [2.45, 2.75) is 11.4 Å². The van der Waals surface area contributed by atoms with Crippen LogP contribution in [0.3, 0.4) is 0 Å². The highest BCUT2D eigenvalue weighted by Crippen LogP contribution is 2.23. The van der Waals surface area contributed by atoms with Gasteiger partial charge in [-0.05, 0) is 42.0 Å². The molecule has 0 radical (unpaired) electrons. The van der Waals surface area contributed by atoms with E-state index in [9.17, 15) is 4.21 Å². The van der Waals surface area contributed by atoms with Crippen LogP contribution < -0.4 is 4.31 Å². The second-order valence-corrected chi connectivity index (χ2v) is 7.09. The summed E-state index contributed by atoms with van der Waals surface area (Å²) in [5.74, 6) is 0. The summed E-state index contributed by atoms with van der Waals surface area (Å²) in [6, 6.07) is 22.0. The lowest BCUT2D eigenvalue weighted by atomic mass is 10.2. The third-order valence-electron chi connectivity index (χ3n) is 3.53. The lowest BCUT2D eigenvalue weighted by Gasteiger charge is -2.23. The topological polar surface area (TPSA) is 57.0 Å². The van der Waals surface area contributed by atoms with Gasteiger partial charge in [-0.2, -0.15) is 5.26 Å². The highest BCUT2D eigenvalue weighted by Gasteiger charge is 2.17. The van der Waals surface area contributed by atoms with Gasteiger partial charge in [0.15, 0.2) is 11.0 Å². The first-order valence-electron chi connectivity index (χ1n) is 7.52. The Balaban J connectivity index is 1.96. The molecule has 1 atom stereocenters. The maximum absolute atomic E-state index is 13.1. The Morgan fingerprint density at radius 3 is 2.36 bits per heavy atom. The number of nitrogens with zero attached hydrogens (tertiary/aromatic N) is 3. The van der Waals surface area contributed by atoms with E-state index >= 15 is 0 Å². The molecule has 25 heavy (non-hydrogen) atoms. The van der Waals surface area contributed by atoms with Crippen LogP contribution in [0.2, 0.25) is 5.02 Å². The summed E-state index contributed by atoms with van der Waals surface area (Å²) in [6.45, 7) is 0.423. The molecule has 3 aromatic rings. The van der Waals surface area contributed by atoms with E-state index < -0.39 is 11.0 Å². The van der Waals surface area contributed by atoms with Crippen LogP contribution in [0, 0.1) is 11.3 Å². The number of rotatable bonds is 5. The first kappa shape index (κ1) is 17.2. The zero-order valence-corrected chi connectivity index (χ0v) is 14.7. The molecule has 0 aliphatic heterocycles. The Hall–Kier alpha value is -2.68. The van der Waals surface area contributed by atoms with E-state index in [2.05, 4.69) is 4.98 Å². The van der Waals surface area contributed by atoms with Crippen LogP contribution >= 0.6 is 11.6 Å². The smallest absolute Gasteiger partial charge is 0.153 e. The van der Waals surface area contributed by atoms with E-state index in [0.29, 0.717) is 27.8 Å². The summed E-state index contributed by atoms with van der Waals surface area (Å²) in [5.41, 5.74) is 1.97. The zero-order chi connectivity index (χ0) is 17.6. The van der Waals surface area contributed by atoms with Crippen LogP contribution in [0.1, 0.15) is 11.3 Å². The Bertz CT molecular complexity index is 906. The molecular weight excluding hydrogens is 354 g/mol. The Morgan fingerprint density at radius 2 is 1.76 bits per heavy atom. The molecule has 0 spiro atoms. The number of hydrogen-bond acceptors (Lipinski definition) is 3. The first-order valence-corrected chi connectivity index (χ1v) is 9.01. The van der Waals surface area contributed by atoms with Crippen molar-refractivity contribution in [2.24, 2.45) is 0 Å². The van der Waals surface area contributed by atoms with Gasteiger partial charge in [-0.3, -0.25) is 4.31 Å². The number of pyridine rings is 1. The van der Waals surface area contributed by atoms with Gasteiger partial charge in [-0.25, -0.2) is 9.19 Å². The molecule has 1 heterocycles. The predicted molar refractivity (Wildman–Crippen MR) is 99.4 cm³/mol. The minimum absolute atomic E-state index is 0.320. The third kappa shape index (κ3) is 4.24. The second-order valence-electron chi connectivity index (χ2n) is 5.24. The minimum atomic E-state index is -1.41. The number of hydrogen-bond donors (Lipinski definition) is 0. The number of halogens is 1. The van der Waals surface area contributed by atoms with Gasteiger partial charge in [0, 0.05) is 5.02 Å². The van der Waals surface area contributed by atoms with E-state index in [0.717, 1.165) is 5.56 Å². The van der Waals surface area contributed by atoms with Crippen LogP contribution in [-0.2, 0) is 17.5 Å². The van der Waals surface area contributed by atoms with Crippen LogP contribution in [0.4, 0.5) is 5.69 Å². The number of anilines is 1. The molecule has 0 aliphatic carbocycles. The van der Waals surface area contributed by atoms with Crippen molar-refractivity contribution in [2.75, 3.05) is 4.31 Å². The van der Waals surface area contributed by atoms with Gasteiger partial charge in [-0.1, -0.05) is 41.9 Å². The zero-order valence-electron chi connectivity index (χ0n) is 13.2. The fraction of sp³-hybridized carbons (Fsp3) is 0.0526. The van der Waals surface area contributed by atoms with Gasteiger partial charge >= 0.3 is 0 Å². The molecule has 0 fully saturated rings. The summed E-state index contributed by atoms with van der Waals surface area (Å²) in [5, 5.41) is 9.57. The molecular formula is C19H14ClN3OS. The molecule has 0 N–H and O–H groups in total. The van der Waals surface area contributed by atoms with Gasteiger partial charge in [-0.15, -0.1) is 0 Å². The van der Waals surface area contributed by atoms with Crippen LogP contribution in [0.5, 0.6) is 0 Å². The molecule has 0 bridgehead atoms. The minimum Gasteiger partial charge on any atom is -0.282 e. The molecule has 0 saturated carbocycles. The highest BCUT2D eigenvalue weighted by molar-refractivity contribution is 7.86. The Morgan fingerprint density at radius 1 is 1.04 bits per heavy atom. The standard InChI is InChI=1S/C19H14ClN3OS/c20-16-8-6-15(7-9-16)14-23(18-11-10-17(12-21)22-13-18)25(24)19-4-2-1-3-5-19/h1-11,13H,14H2. The molecule has 1 unspecified atom stereocenters. The summed E-state index contributed by atoms with van der Waals surface area (Å²) in [7, 11) is -1.41. The SMILES string of the molecule is N#Cc1ccc(N(Cc2ccc(Cl)cc2)S(=O)c2ccccc2)cn1. The molecule has 2 aromatic carbocycles. The van der Waals surface area contributed by atoms with Crippen molar-refractivity contribution in [3.63, 3.8) is 0 Å². The first-order chi connectivity index (χ1) is 12.2. The van der Waals surface area contributed by atoms with E-state index in [1.165, 1.54) is 0 Å². The average molecular weight is 368 g/mol. The summed E-state index contributed by atoms with van der Waals surface area (Å²) in [4.78, 5) is 4.79. The fourth-order valence-corrected chi connectivity index (χ4v) is 3.60. The molecule has 3 rings (SSSR count). The van der Waals surface area contributed by atoms with Crippen molar-refractivity contribution in [1.82, 2.24) is 4.98 Å². The molecule has 124 valence electrons. The number of aromatic nitrogens is 1. The van der Waals surface area contributed by atoms with Gasteiger partial charge in [0.1, 0.15) is 11.8 Å². The summed E-state index contributed by atoms with van der Waals surface area (Å²) < 4.78 is 14.8. The van der Waals surface area contributed by atoms with Crippen LogP contribution in [0.25, 0.3) is 0 Å². The molecule has 1 aromatic heterocycles. The van der Waals surface area contributed by atoms with Gasteiger partial charge in [0.05, 0.1) is 23.3 Å². The highest BCUT2D eigenvalue weighted by atomic mass is 35.5. The van der Waals surface area contributed by atoms with Crippen molar-refractivity contribution in [3.8, 4) is 6.07 Å². The Kier molecular flexibility index (Phi) is 5.44. The maximum Gasteiger partial charge on any atom is 0.153 e. The van der Waals surface area contributed by atoms with E-state index in [1.54, 1.807) is 34.8 Å². The average Bonchev–Trinajstić information content (AvgIpc) is 2.68. The van der Waals surface area contributed by atoms with E-state index in [-0.39, 0.29) is 0 Å². The van der Waals surface area contributed by atoms with Gasteiger partial charge in [0.25, 0.3) is 0 Å². The van der Waals surface area contributed by atoms with Crippen LogP contribution in [-0.4, -0.2) is 9.19 Å². The van der Waals surface area contributed by atoms with Crippen LogP contribution in [0.15, 0.2) is 77.8 Å². The largest absolute Gasteiger partial charge is 0.282 e. The fourth-order valence-electron chi connectivity index (χ4n) is 2.27. The lowest BCUT2D eigenvalue weighted by molar-refractivity contribution is 0.678. The molecule has 6 heteroatoms. The Labute approximate surface area is 153 Å². The van der Waals surface area contributed by atoms with Gasteiger partial charge < -0.3 is 0 Å². The van der Waals surface area contributed by atoms with Gasteiger partial charge in [0.2, 0.25) is 0 Å². The van der Waals surface area contributed by atoms with E-state index in [4.69, 9.17) is 16.9 Å². The van der Waals surface area contributed by atoms with Crippen molar-refractivity contribution in [3.05, 3.63) is 89.2 Å². The molecule has 0 saturated heterocycles. The monoisotopic (exact) mass is 367 g/mol. The number of benzene rings is 2. The van der Waals surface area contributed by atoms with Crippen molar-refractivity contribution >= 4 is 28.3 Å². The lowest BCUT2D eigenvalue weighted by Crippen LogP contribution is -2.25. The molecule has 0 amide bonds. The van der Waals surface area contributed by atoms with Crippen molar-refractivity contribution in [1.29, 1.82) is 5.26 Å². The normalized spacial score (nSPS) is 11.5. The second kappa shape index (κ2) is 7.93. The quantitative estimate of drug-likeness (QED) is 0.674. The summed E-state index contributed by atoms with van der Waals surface area (Å²) in [6.07, 6.45) is 1.56. The van der Waals surface area contributed by atoms with Crippen molar-refractivity contribution < 1.29 is 4.21 Å². The molecule has 0 aliphatic rings. The predicted octanol–water partition coefficient (Wildman–Crippen LogP) is 4.34.